The van der Waals surface area contributed by atoms with Gasteiger partial charge in [-0.1, -0.05) is 6.92 Å². The number of piperazine rings is 1. The number of aromatic nitrogens is 2. The van der Waals surface area contributed by atoms with Crippen LogP contribution in [0.25, 0.3) is 0 Å². The van der Waals surface area contributed by atoms with Crippen molar-refractivity contribution < 1.29 is 0 Å². The van der Waals surface area contributed by atoms with E-state index in [9.17, 15) is 0 Å². The van der Waals surface area contributed by atoms with Crippen molar-refractivity contribution in [3.63, 3.8) is 0 Å². The molecule has 0 saturated carbocycles. The minimum Gasteiger partial charge on any atom is -0.354 e. The smallest absolute Gasteiger partial charge is 0.132 e. The molecular weight excluding hydrogens is 200 g/mol. The fourth-order valence-corrected chi connectivity index (χ4v) is 2.00. The van der Waals surface area contributed by atoms with Gasteiger partial charge in [-0.05, 0) is 13.3 Å². The van der Waals surface area contributed by atoms with Crippen LogP contribution in [0.1, 0.15) is 24.9 Å². The van der Waals surface area contributed by atoms with Crippen LogP contribution in [0.4, 0.5) is 5.82 Å². The zero-order valence-electron chi connectivity index (χ0n) is 10.2. The van der Waals surface area contributed by atoms with Crippen LogP contribution in [0.3, 0.4) is 0 Å². The first-order chi connectivity index (χ1) is 7.79. The molecule has 1 aliphatic heterocycles. The fourth-order valence-electron chi connectivity index (χ4n) is 2.00. The van der Waals surface area contributed by atoms with Gasteiger partial charge in [0, 0.05) is 44.4 Å². The molecule has 16 heavy (non-hydrogen) atoms. The lowest BCUT2D eigenvalue weighted by atomic mass is 10.3. The van der Waals surface area contributed by atoms with E-state index >= 15 is 0 Å². The lowest BCUT2D eigenvalue weighted by Crippen LogP contribution is -2.44. The minimum absolute atomic E-state index is 0.973. The summed E-state index contributed by atoms with van der Waals surface area (Å²) in [5.74, 6) is 2.08. The highest BCUT2D eigenvalue weighted by Gasteiger charge is 2.12. The first-order valence-corrected chi connectivity index (χ1v) is 6.10. The Bertz CT molecular complexity index is 345. The molecule has 0 spiro atoms. The number of hydrogen-bond donors (Lipinski definition) is 1. The molecule has 2 rings (SSSR count). The number of rotatable bonds is 3. The van der Waals surface area contributed by atoms with Crippen LogP contribution in [0.5, 0.6) is 0 Å². The summed E-state index contributed by atoms with van der Waals surface area (Å²) in [5, 5.41) is 3.35. The van der Waals surface area contributed by atoms with Crippen molar-refractivity contribution in [2.24, 2.45) is 0 Å². The van der Waals surface area contributed by atoms with Gasteiger partial charge in [0.1, 0.15) is 11.6 Å². The van der Waals surface area contributed by atoms with Crippen LogP contribution in [0.2, 0.25) is 0 Å². The van der Waals surface area contributed by atoms with Gasteiger partial charge in [-0.2, -0.15) is 0 Å². The van der Waals surface area contributed by atoms with Gasteiger partial charge in [-0.15, -0.1) is 0 Å². The predicted molar refractivity (Wildman–Crippen MR) is 65.8 cm³/mol. The second-order valence-corrected chi connectivity index (χ2v) is 4.27. The maximum atomic E-state index is 4.63. The summed E-state index contributed by atoms with van der Waals surface area (Å²) in [7, 11) is 0. The van der Waals surface area contributed by atoms with Crippen molar-refractivity contribution in [3.8, 4) is 0 Å². The Morgan fingerprint density at radius 3 is 2.75 bits per heavy atom. The number of nitrogens with zero attached hydrogens (tertiary/aromatic N) is 3. The maximum Gasteiger partial charge on any atom is 0.132 e. The summed E-state index contributed by atoms with van der Waals surface area (Å²) >= 11 is 0. The summed E-state index contributed by atoms with van der Waals surface area (Å²) in [6, 6.07) is 2.09. The third-order valence-corrected chi connectivity index (χ3v) is 2.80. The monoisotopic (exact) mass is 220 g/mol. The Kier molecular flexibility index (Phi) is 3.72. The van der Waals surface area contributed by atoms with Crippen molar-refractivity contribution in [3.05, 3.63) is 17.6 Å². The van der Waals surface area contributed by atoms with E-state index in [1.807, 2.05) is 6.92 Å². The molecule has 0 atom stereocenters. The standard InChI is InChI=1S/C12H20N4/c1-3-4-11-14-10(2)9-12(15-11)16-7-5-13-6-8-16/h9,13H,3-8H2,1-2H3. The molecule has 88 valence electrons. The molecule has 0 amide bonds. The van der Waals surface area contributed by atoms with Crippen molar-refractivity contribution in [1.82, 2.24) is 15.3 Å². The fraction of sp³-hybridized carbons (Fsp3) is 0.667. The zero-order valence-corrected chi connectivity index (χ0v) is 10.2. The van der Waals surface area contributed by atoms with Crippen LogP contribution < -0.4 is 10.2 Å². The molecule has 0 unspecified atom stereocenters. The van der Waals surface area contributed by atoms with E-state index in [1.54, 1.807) is 0 Å². The Morgan fingerprint density at radius 2 is 2.06 bits per heavy atom. The SMILES string of the molecule is CCCc1nc(C)cc(N2CCNCC2)n1. The second kappa shape index (κ2) is 5.25. The molecule has 1 fully saturated rings. The number of anilines is 1. The van der Waals surface area contributed by atoms with Gasteiger partial charge in [0.15, 0.2) is 0 Å². The van der Waals surface area contributed by atoms with E-state index in [0.717, 1.165) is 56.4 Å². The summed E-state index contributed by atoms with van der Waals surface area (Å²) in [6.45, 7) is 8.39. The molecular formula is C12H20N4. The van der Waals surface area contributed by atoms with Gasteiger partial charge >= 0.3 is 0 Å². The van der Waals surface area contributed by atoms with Gasteiger partial charge in [0.05, 0.1) is 0 Å². The number of nitrogens with one attached hydrogen (secondary N) is 1. The Labute approximate surface area is 97.1 Å². The molecule has 1 aromatic rings. The topological polar surface area (TPSA) is 41.1 Å². The van der Waals surface area contributed by atoms with E-state index in [-0.39, 0.29) is 0 Å². The van der Waals surface area contributed by atoms with Crippen LogP contribution in [0.15, 0.2) is 6.07 Å². The molecule has 2 heterocycles. The third-order valence-electron chi connectivity index (χ3n) is 2.80. The lowest BCUT2D eigenvalue weighted by molar-refractivity contribution is 0.583. The largest absolute Gasteiger partial charge is 0.354 e. The highest BCUT2D eigenvalue weighted by atomic mass is 15.2. The van der Waals surface area contributed by atoms with Gasteiger partial charge in [-0.25, -0.2) is 9.97 Å². The molecule has 0 bridgehead atoms. The number of hydrogen-bond acceptors (Lipinski definition) is 4. The summed E-state index contributed by atoms with van der Waals surface area (Å²) in [5.41, 5.74) is 1.08. The Hall–Kier alpha value is -1.16. The summed E-state index contributed by atoms with van der Waals surface area (Å²) < 4.78 is 0. The second-order valence-electron chi connectivity index (χ2n) is 4.27. The van der Waals surface area contributed by atoms with Crippen LogP contribution in [-0.4, -0.2) is 36.1 Å². The molecule has 1 saturated heterocycles. The average Bonchev–Trinajstić information content (AvgIpc) is 2.30. The van der Waals surface area contributed by atoms with Gasteiger partial charge in [0.2, 0.25) is 0 Å². The van der Waals surface area contributed by atoms with Crippen molar-refractivity contribution >= 4 is 5.82 Å². The molecule has 0 aromatic carbocycles. The molecule has 0 radical (unpaired) electrons. The number of aryl methyl sites for hydroxylation is 2. The third kappa shape index (κ3) is 2.70. The van der Waals surface area contributed by atoms with Gasteiger partial charge in [-0.3, -0.25) is 0 Å². The van der Waals surface area contributed by atoms with E-state index in [1.165, 1.54) is 0 Å². The average molecular weight is 220 g/mol. The Morgan fingerprint density at radius 1 is 1.31 bits per heavy atom. The lowest BCUT2D eigenvalue weighted by Gasteiger charge is -2.28. The highest BCUT2D eigenvalue weighted by Crippen LogP contribution is 2.13. The predicted octanol–water partition coefficient (Wildman–Crippen LogP) is 1.15. The maximum absolute atomic E-state index is 4.63. The summed E-state index contributed by atoms with van der Waals surface area (Å²) in [6.07, 6.45) is 2.07. The van der Waals surface area contributed by atoms with Gasteiger partial charge < -0.3 is 10.2 Å². The molecule has 1 N–H and O–H groups in total. The van der Waals surface area contributed by atoms with E-state index < -0.39 is 0 Å². The van der Waals surface area contributed by atoms with Crippen molar-refractivity contribution in [1.29, 1.82) is 0 Å². The van der Waals surface area contributed by atoms with E-state index in [4.69, 9.17) is 0 Å². The van der Waals surface area contributed by atoms with Crippen LogP contribution in [-0.2, 0) is 6.42 Å². The molecule has 4 heteroatoms. The van der Waals surface area contributed by atoms with Crippen LogP contribution in [0, 0.1) is 6.92 Å². The Balaban J connectivity index is 2.18. The van der Waals surface area contributed by atoms with E-state index in [2.05, 4.69) is 33.2 Å². The minimum atomic E-state index is 0.973. The summed E-state index contributed by atoms with van der Waals surface area (Å²) in [4.78, 5) is 11.4. The normalized spacial score (nSPS) is 16.5. The molecule has 1 aromatic heterocycles. The molecule has 0 aliphatic carbocycles. The van der Waals surface area contributed by atoms with Crippen molar-refractivity contribution in [2.75, 3.05) is 31.1 Å². The molecule has 4 nitrogen and oxygen atoms in total. The van der Waals surface area contributed by atoms with Crippen LogP contribution >= 0.6 is 0 Å². The first-order valence-electron chi connectivity index (χ1n) is 6.10. The zero-order chi connectivity index (χ0) is 11.4. The molecule has 1 aliphatic rings. The first kappa shape index (κ1) is 11.3. The quantitative estimate of drug-likeness (QED) is 0.829. The highest BCUT2D eigenvalue weighted by molar-refractivity contribution is 5.40. The van der Waals surface area contributed by atoms with Crippen molar-refractivity contribution in [2.45, 2.75) is 26.7 Å². The van der Waals surface area contributed by atoms with Gasteiger partial charge in [0.25, 0.3) is 0 Å². The van der Waals surface area contributed by atoms with E-state index in [0.29, 0.717) is 0 Å².